The van der Waals surface area contributed by atoms with E-state index in [0.717, 1.165) is 37.2 Å². The maximum Gasteiger partial charge on any atom is 0.221 e. The minimum Gasteiger partial charge on any atom is -0.326 e. The number of amides is 1. The zero-order valence-electron chi connectivity index (χ0n) is 13.0. The van der Waals surface area contributed by atoms with Gasteiger partial charge in [-0.2, -0.15) is 11.8 Å². The highest BCUT2D eigenvalue weighted by molar-refractivity contribution is 8.00. The fourth-order valence-electron chi connectivity index (χ4n) is 2.27. The standard InChI is InChI=1S/C16H26N2OS/c1-5-16(6-2,20-4)12-17-11-14-9-7-8-10-15(14)18-13(3)19/h7-10,17H,5-6,11-12H2,1-4H3,(H,18,19). The molecular weight excluding hydrogens is 268 g/mol. The summed E-state index contributed by atoms with van der Waals surface area (Å²) in [6, 6.07) is 7.94. The molecule has 20 heavy (non-hydrogen) atoms. The highest BCUT2D eigenvalue weighted by Crippen LogP contribution is 2.29. The molecule has 0 fully saturated rings. The fraction of sp³-hybridized carbons (Fsp3) is 0.562. The van der Waals surface area contributed by atoms with Crippen LogP contribution in [-0.2, 0) is 11.3 Å². The molecule has 1 rings (SSSR count). The molecular formula is C16H26N2OS. The second-order valence-electron chi connectivity index (χ2n) is 5.04. The smallest absolute Gasteiger partial charge is 0.221 e. The number of hydrogen-bond acceptors (Lipinski definition) is 3. The van der Waals surface area contributed by atoms with E-state index in [-0.39, 0.29) is 5.91 Å². The number of benzene rings is 1. The van der Waals surface area contributed by atoms with Crippen LogP contribution in [-0.4, -0.2) is 23.5 Å². The predicted molar refractivity (Wildman–Crippen MR) is 89.3 cm³/mol. The first-order valence-corrected chi connectivity index (χ1v) is 8.40. The molecule has 0 aliphatic carbocycles. The Hall–Kier alpha value is -1.000. The molecule has 0 atom stereocenters. The molecule has 0 saturated carbocycles. The molecule has 1 aromatic carbocycles. The maximum absolute atomic E-state index is 11.2. The van der Waals surface area contributed by atoms with E-state index in [1.807, 2.05) is 30.0 Å². The Morgan fingerprint density at radius 1 is 1.25 bits per heavy atom. The third-order valence-corrected chi connectivity index (χ3v) is 5.40. The highest BCUT2D eigenvalue weighted by Gasteiger charge is 2.24. The lowest BCUT2D eigenvalue weighted by Gasteiger charge is -2.30. The van der Waals surface area contributed by atoms with E-state index < -0.39 is 0 Å². The van der Waals surface area contributed by atoms with Gasteiger partial charge in [-0.25, -0.2) is 0 Å². The topological polar surface area (TPSA) is 41.1 Å². The summed E-state index contributed by atoms with van der Waals surface area (Å²) >= 11 is 1.94. The third kappa shape index (κ3) is 4.84. The first-order valence-electron chi connectivity index (χ1n) is 7.18. The lowest BCUT2D eigenvalue weighted by molar-refractivity contribution is -0.114. The molecule has 3 nitrogen and oxygen atoms in total. The van der Waals surface area contributed by atoms with Crippen molar-refractivity contribution in [3.05, 3.63) is 29.8 Å². The Balaban J connectivity index is 2.64. The van der Waals surface area contributed by atoms with E-state index in [2.05, 4.69) is 36.8 Å². The van der Waals surface area contributed by atoms with Crippen molar-refractivity contribution in [2.45, 2.75) is 44.9 Å². The van der Waals surface area contributed by atoms with Crippen LogP contribution >= 0.6 is 11.8 Å². The van der Waals surface area contributed by atoms with Gasteiger partial charge in [-0.1, -0.05) is 32.0 Å². The van der Waals surface area contributed by atoms with Crippen molar-refractivity contribution in [1.29, 1.82) is 0 Å². The van der Waals surface area contributed by atoms with Gasteiger partial charge in [-0.05, 0) is 30.7 Å². The van der Waals surface area contributed by atoms with E-state index in [4.69, 9.17) is 0 Å². The quantitative estimate of drug-likeness (QED) is 0.769. The summed E-state index contributed by atoms with van der Waals surface area (Å²) in [6.45, 7) is 7.78. The van der Waals surface area contributed by atoms with Crippen molar-refractivity contribution in [3.8, 4) is 0 Å². The normalized spacial score (nSPS) is 11.4. The lowest BCUT2D eigenvalue weighted by Crippen LogP contribution is -2.36. The van der Waals surface area contributed by atoms with Crippen LogP contribution < -0.4 is 10.6 Å². The number of hydrogen-bond donors (Lipinski definition) is 2. The molecule has 0 aliphatic rings. The minimum absolute atomic E-state index is 0.0296. The van der Waals surface area contributed by atoms with Gasteiger partial charge >= 0.3 is 0 Å². The maximum atomic E-state index is 11.2. The van der Waals surface area contributed by atoms with E-state index in [1.54, 1.807) is 0 Å². The summed E-state index contributed by atoms with van der Waals surface area (Å²) in [5, 5.41) is 6.42. The Bertz CT molecular complexity index is 422. The number of thioether (sulfide) groups is 1. The summed E-state index contributed by atoms with van der Waals surface area (Å²) in [5.41, 5.74) is 2.03. The van der Waals surface area contributed by atoms with Crippen LogP contribution in [0.25, 0.3) is 0 Å². The average molecular weight is 294 g/mol. The average Bonchev–Trinajstić information content (AvgIpc) is 2.45. The molecule has 2 N–H and O–H groups in total. The van der Waals surface area contributed by atoms with Crippen molar-refractivity contribution in [2.75, 3.05) is 18.1 Å². The van der Waals surface area contributed by atoms with Gasteiger partial charge in [0.05, 0.1) is 0 Å². The number of rotatable bonds is 8. The van der Waals surface area contributed by atoms with Crippen LogP contribution in [0.4, 0.5) is 5.69 Å². The van der Waals surface area contributed by atoms with E-state index >= 15 is 0 Å². The highest BCUT2D eigenvalue weighted by atomic mass is 32.2. The SMILES string of the molecule is CCC(CC)(CNCc1ccccc1NC(C)=O)SC. The summed E-state index contributed by atoms with van der Waals surface area (Å²) < 4.78 is 0.308. The fourth-order valence-corrected chi connectivity index (χ4v) is 3.10. The second-order valence-corrected chi connectivity index (χ2v) is 6.31. The van der Waals surface area contributed by atoms with Crippen LogP contribution in [0.3, 0.4) is 0 Å². The molecule has 4 heteroatoms. The van der Waals surface area contributed by atoms with Crippen LogP contribution in [0.5, 0.6) is 0 Å². The number of carbonyl (C=O) groups excluding carboxylic acids is 1. The minimum atomic E-state index is -0.0296. The number of para-hydroxylation sites is 1. The first-order chi connectivity index (χ1) is 9.56. The molecule has 112 valence electrons. The van der Waals surface area contributed by atoms with Crippen LogP contribution in [0.1, 0.15) is 39.2 Å². The largest absolute Gasteiger partial charge is 0.326 e. The van der Waals surface area contributed by atoms with Crippen molar-refractivity contribution >= 4 is 23.4 Å². The molecule has 0 radical (unpaired) electrons. The Kier molecular flexibility index (Phi) is 7.10. The van der Waals surface area contributed by atoms with E-state index in [9.17, 15) is 4.79 Å². The van der Waals surface area contributed by atoms with Crippen molar-refractivity contribution in [3.63, 3.8) is 0 Å². The number of anilines is 1. The Morgan fingerprint density at radius 2 is 1.90 bits per heavy atom. The van der Waals surface area contributed by atoms with Crippen LogP contribution in [0.15, 0.2) is 24.3 Å². The molecule has 0 saturated heterocycles. The van der Waals surface area contributed by atoms with Gasteiger partial charge in [0.2, 0.25) is 5.91 Å². The molecule has 0 aliphatic heterocycles. The molecule has 0 bridgehead atoms. The summed E-state index contributed by atoms with van der Waals surface area (Å²) in [4.78, 5) is 11.2. The molecule has 1 amide bonds. The molecule has 0 unspecified atom stereocenters. The number of nitrogens with one attached hydrogen (secondary N) is 2. The van der Waals surface area contributed by atoms with Crippen molar-refractivity contribution < 1.29 is 4.79 Å². The molecule has 0 spiro atoms. The predicted octanol–water partition coefficient (Wildman–Crippen LogP) is 3.66. The van der Waals surface area contributed by atoms with Crippen LogP contribution in [0.2, 0.25) is 0 Å². The van der Waals surface area contributed by atoms with Crippen LogP contribution in [0, 0.1) is 0 Å². The van der Waals surface area contributed by atoms with E-state index in [0.29, 0.717) is 4.75 Å². The van der Waals surface area contributed by atoms with Crippen molar-refractivity contribution in [1.82, 2.24) is 5.32 Å². The van der Waals surface area contributed by atoms with Gasteiger partial charge < -0.3 is 10.6 Å². The van der Waals surface area contributed by atoms with Gasteiger partial charge in [-0.3, -0.25) is 4.79 Å². The third-order valence-electron chi connectivity index (χ3n) is 3.81. The molecule has 0 aromatic heterocycles. The van der Waals surface area contributed by atoms with Crippen molar-refractivity contribution in [2.24, 2.45) is 0 Å². The summed E-state index contributed by atoms with van der Waals surface area (Å²) in [7, 11) is 0. The second kappa shape index (κ2) is 8.32. The van der Waals surface area contributed by atoms with Gasteiger partial charge in [0.15, 0.2) is 0 Å². The summed E-state index contributed by atoms with van der Waals surface area (Å²) in [5.74, 6) is -0.0296. The zero-order chi connectivity index (χ0) is 15.0. The van der Waals surface area contributed by atoms with E-state index in [1.165, 1.54) is 6.92 Å². The molecule has 1 aromatic rings. The van der Waals surface area contributed by atoms with Gasteiger partial charge in [-0.15, -0.1) is 0 Å². The lowest BCUT2D eigenvalue weighted by atomic mass is 10.0. The molecule has 0 heterocycles. The number of carbonyl (C=O) groups is 1. The zero-order valence-corrected chi connectivity index (χ0v) is 13.8. The van der Waals surface area contributed by atoms with Gasteiger partial charge in [0.25, 0.3) is 0 Å². The van der Waals surface area contributed by atoms with Gasteiger partial charge in [0, 0.05) is 30.4 Å². The van der Waals surface area contributed by atoms with Gasteiger partial charge in [0.1, 0.15) is 0 Å². The Labute approximate surface area is 126 Å². The first kappa shape index (κ1) is 17.1. The monoisotopic (exact) mass is 294 g/mol. The Morgan fingerprint density at radius 3 is 2.45 bits per heavy atom. The summed E-state index contributed by atoms with van der Waals surface area (Å²) in [6.07, 6.45) is 4.50.